The fourth-order valence-electron chi connectivity index (χ4n) is 22.1. The molecule has 24 aromatic rings. The van der Waals surface area contributed by atoms with Crippen LogP contribution in [0.3, 0.4) is 0 Å². The van der Waals surface area contributed by atoms with Crippen LogP contribution in [0.5, 0.6) is 0 Å². The van der Waals surface area contributed by atoms with Crippen LogP contribution < -0.4 is 0 Å². The molecule has 0 fully saturated rings. The first-order valence-electron chi connectivity index (χ1n) is 49.4. The van der Waals surface area contributed by atoms with Gasteiger partial charge in [0.15, 0.2) is 0 Å². The number of aromatic nitrogens is 6. The van der Waals surface area contributed by atoms with E-state index in [2.05, 4.69) is 539 Å². The Labute approximate surface area is 811 Å². The van der Waals surface area contributed by atoms with Crippen LogP contribution in [0.25, 0.3) is 198 Å². The predicted octanol–water partition coefficient (Wildman–Crippen LogP) is 36.7. The fourth-order valence-corrected chi connectivity index (χ4v) is 22.1. The SMILES string of the molecule is CC(C)(C)Cc1cccc2c1c1ccccc1n2-c1cccc(-c2cccc(-n3c4ccccc4c4c(CC(C)(C)C)cccc43)c2)c1.CC(C)(C)c1ccc2c(c1)c1ccccc1n2-c1cccc(-c2cccc(-n3c4ccccc4c4ccc(C(C)(C)C)cc43)c2)c1.CC(C)c1cccc2c1c1ccccc1n2-c1cccc(-c2cccc(-n3c4ccccc4c4cccc(C(C)C)c43)c2)c1. The first-order chi connectivity index (χ1) is 66.6. The van der Waals surface area contributed by atoms with Crippen LogP contribution in [0.2, 0.25) is 0 Å². The molecular formula is C132H120N6. The third-order valence-electron chi connectivity index (χ3n) is 28.4. The van der Waals surface area contributed by atoms with Gasteiger partial charge in [-0.05, 0) is 259 Å². The molecular weight excluding hydrogens is 1670 g/mol. The van der Waals surface area contributed by atoms with Crippen molar-refractivity contribution in [2.24, 2.45) is 10.8 Å². The number of hydrogen-bond acceptors (Lipinski definition) is 0. The Bertz CT molecular complexity index is 8710. The highest BCUT2D eigenvalue weighted by molar-refractivity contribution is 6.16. The van der Waals surface area contributed by atoms with E-state index in [1.165, 1.54) is 232 Å². The van der Waals surface area contributed by atoms with Gasteiger partial charge >= 0.3 is 0 Å². The van der Waals surface area contributed by atoms with E-state index in [-0.39, 0.29) is 21.7 Å². The Morgan fingerprint density at radius 3 is 0.841 bits per heavy atom. The fraction of sp³-hybridized carbons (Fsp3) is 0.182. The molecule has 0 saturated heterocycles. The van der Waals surface area contributed by atoms with Gasteiger partial charge in [-0.1, -0.05) is 366 Å². The van der Waals surface area contributed by atoms with Gasteiger partial charge in [-0.2, -0.15) is 0 Å². The summed E-state index contributed by atoms with van der Waals surface area (Å²) in [6, 6.07) is 148. The summed E-state index contributed by atoms with van der Waals surface area (Å²) in [5.41, 5.74) is 38.2. The molecule has 0 aliphatic heterocycles. The Kier molecular flexibility index (Phi) is 22.0. The van der Waals surface area contributed by atoms with Crippen LogP contribution >= 0.6 is 0 Å². The first-order valence-corrected chi connectivity index (χ1v) is 49.4. The highest BCUT2D eigenvalue weighted by Gasteiger charge is 2.28. The van der Waals surface area contributed by atoms with Gasteiger partial charge < -0.3 is 27.4 Å². The number of fused-ring (bicyclic) bond motifs is 18. The molecule has 0 unspecified atom stereocenters. The van der Waals surface area contributed by atoms with Gasteiger partial charge in [-0.25, -0.2) is 0 Å². The lowest BCUT2D eigenvalue weighted by Crippen LogP contribution is -2.10. The Morgan fingerprint density at radius 2 is 0.449 bits per heavy atom. The van der Waals surface area contributed by atoms with Crippen LogP contribution in [0, 0.1) is 10.8 Å². The molecule has 0 radical (unpaired) electrons. The molecule has 18 aromatic carbocycles. The zero-order chi connectivity index (χ0) is 95.0. The second-order valence-electron chi connectivity index (χ2n) is 43.3. The number of nitrogens with zero attached hydrogens (tertiary/aromatic N) is 6. The Morgan fingerprint density at radius 1 is 0.188 bits per heavy atom. The van der Waals surface area contributed by atoms with Crippen LogP contribution in [0.15, 0.2) is 400 Å². The topological polar surface area (TPSA) is 29.6 Å². The van der Waals surface area contributed by atoms with Crippen LogP contribution in [0.4, 0.5) is 0 Å². The minimum Gasteiger partial charge on any atom is -0.309 e. The Hall–Kier alpha value is -15.2. The average Bonchev–Trinajstić information content (AvgIpc) is 1.62. The van der Waals surface area contributed by atoms with E-state index < -0.39 is 0 Å². The van der Waals surface area contributed by atoms with Crippen molar-refractivity contribution in [1.82, 2.24) is 27.4 Å². The van der Waals surface area contributed by atoms with Gasteiger partial charge in [0.2, 0.25) is 0 Å². The number of para-hydroxylation sites is 7. The van der Waals surface area contributed by atoms with Crippen LogP contribution in [0.1, 0.15) is 156 Å². The van der Waals surface area contributed by atoms with E-state index in [1.54, 1.807) is 0 Å². The molecule has 0 N–H and O–H groups in total. The van der Waals surface area contributed by atoms with Gasteiger partial charge in [0.05, 0.1) is 66.2 Å². The minimum atomic E-state index is 0.0683. The van der Waals surface area contributed by atoms with Gasteiger partial charge in [0, 0.05) is 98.8 Å². The van der Waals surface area contributed by atoms with Crippen molar-refractivity contribution in [3.05, 3.63) is 434 Å². The van der Waals surface area contributed by atoms with Crippen molar-refractivity contribution in [3.8, 4) is 67.5 Å². The van der Waals surface area contributed by atoms with E-state index in [0.717, 1.165) is 12.8 Å². The summed E-state index contributed by atoms with van der Waals surface area (Å²) < 4.78 is 14.7. The molecule has 0 aliphatic rings. The summed E-state index contributed by atoms with van der Waals surface area (Å²) >= 11 is 0. The molecule has 0 aliphatic carbocycles. The van der Waals surface area contributed by atoms with Crippen molar-refractivity contribution in [2.75, 3.05) is 0 Å². The minimum absolute atomic E-state index is 0.0683. The van der Waals surface area contributed by atoms with Crippen molar-refractivity contribution in [3.63, 3.8) is 0 Å². The second kappa shape index (κ2) is 34.5. The molecule has 24 rings (SSSR count). The maximum absolute atomic E-state index is 2.47. The molecule has 678 valence electrons. The van der Waals surface area contributed by atoms with Gasteiger partial charge in [0.1, 0.15) is 0 Å². The average molecular weight is 1790 g/mol. The summed E-state index contributed by atoms with van der Waals surface area (Å²) in [7, 11) is 0. The quantitative estimate of drug-likeness (QED) is 0.110. The van der Waals surface area contributed by atoms with Crippen LogP contribution in [-0.4, -0.2) is 27.4 Å². The van der Waals surface area contributed by atoms with Crippen molar-refractivity contribution >= 4 is 131 Å². The molecule has 0 bridgehead atoms. The lowest BCUT2D eigenvalue weighted by molar-refractivity contribution is 0.412. The molecule has 0 amide bonds. The zero-order valence-corrected chi connectivity index (χ0v) is 82.4. The molecule has 6 heteroatoms. The molecule has 0 atom stereocenters. The van der Waals surface area contributed by atoms with E-state index in [9.17, 15) is 0 Å². The van der Waals surface area contributed by atoms with Crippen LogP contribution in [-0.2, 0) is 23.7 Å². The first kappa shape index (κ1) is 88.1. The standard InChI is InChI=1S/C46H44N2.C44H40N2.C42H36N2/c1-45(2,3)29-33-17-13-25-41-43(33)37-21-7-9-23-39(37)47(41)35-19-11-15-31(27-35)32-16-12-20-36(28-32)48-40-24-10-8-22-38(40)44-34(30-46(4,5)6)18-14-26-42(44)48;1-43(2,3)31-22-24-41-38(27-31)36-18-8-10-20-40(36)45(41)33-15-11-13-29(25-33)30-14-12-16-34(26-30)46-39-19-9-7-17-35(39)37-23-21-32(28-42(37)46)44(4,5)6;1-27(2)33-19-12-24-40-41(33)37-18-6-8-23-39(37)43(40)31-15-9-13-29(25-31)30-14-10-16-32(26-30)44-38-22-7-5-17-35(38)36-21-11-20-34(28(3)4)42(36)44/h7-28H,29-30H2,1-6H3;7-28H,1-6H3;5-28H,1-4H3. The van der Waals surface area contributed by atoms with E-state index in [4.69, 9.17) is 0 Å². The number of benzene rings is 18. The smallest absolute Gasteiger partial charge is 0.0575 e. The summed E-state index contributed by atoms with van der Waals surface area (Å²) in [6.07, 6.45) is 2.07. The van der Waals surface area contributed by atoms with E-state index in [0.29, 0.717) is 11.8 Å². The molecule has 6 heterocycles. The van der Waals surface area contributed by atoms with Crippen molar-refractivity contribution in [1.29, 1.82) is 0 Å². The molecule has 6 nitrogen and oxygen atoms in total. The number of hydrogen-bond donors (Lipinski definition) is 0. The zero-order valence-electron chi connectivity index (χ0n) is 82.4. The predicted molar refractivity (Wildman–Crippen MR) is 594 cm³/mol. The maximum atomic E-state index is 2.47. The molecule has 0 spiro atoms. The summed E-state index contributed by atoms with van der Waals surface area (Å²) in [5.74, 6) is 0.869. The van der Waals surface area contributed by atoms with Gasteiger partial charge in [-0.15, -0.1) is 0 Å². The summed E-state index contributed by atoms with van der Waals surface area (Å²) in [6.45, 7) is 36.8. The summed E-state index contributed by atoms with van der Waals surface area (Å²) in [5, 5.41) is 15.8. The highest BCUT2D eigenvalue weighted by atomic mass is 15.0. The van der Waals surface area contributed by atoms with Gasteiger partial charge in [0.25, 0.3) is 0 Å². The maximum Gasteiger partial charge on any atom is 0.0575 e. The molecule has 0 saturated carbocycles. The molecule has 6 aromatic heterocycles. The highest BCUT2D eigenvalue weighted by Crippen LogP contribution is 2.47. The monoisotopic (exact) mass is 1790 g/mol. The van der Waals surface area contributed by atoms with E-state index in [1.807, 2.05) is 0 Å². The Balaban J connectivity index is 0.000000120. The number of rotatable bonds is 13. The van der Waals surface area contributed by atoms with Crippen molar-refractivity contribution in [2.45, 2.75) is 146 Å². The van der Waals surface area contributed by atoms with E-state index >= 15 is 0 Å². The lowest BCUT2D eigenvalue weighted by Gasteiger charge is -2.19. The second-order valence-corrected chi connectivity index (χ2v) is 43.3. The van der Waals surface area contributed by atoms with Crippen molar-refractivity contribution < 1.29 is 0 Å². The third kappa shape index (κ3) is 15.8. The molecule has 138 heavy (non-hydrogen) atoms. The normalized spacial score (nSPS) is 12.4. The lowest BCUT2D eigenvalue weighted by atomic mass is 9.86. The van der Waals surface area contributed by atoms with Gasteiger partial charge in [-0.3, -0.25) is 0 Å². The largest absolute Gasteiger partial charge is 0.309 e. The third-order valence-corrected chi connectivity index (χ3v) is 28.4. The summed E-state index contributed by atoms with van der Waals surface area (Å²) in [4.78, 5) is 0.